The third-order valence-electron chi connectivity index (χ3n) is 9.44. The second-order valence-electron chi connectivity index (χ2n) is 12.1. The van der Waals surface area contributed by atoms with Crippen molar-refractivity contribution in [3.63, 3.8) is 0 Å². The molecule has 3 N–H and O–H groups in total. The normalized spacial score (nSPS) is 24.3. The Kier molecular flexibility index (Phi) is 5.45. The molecular formula is C30H35FN6O2. The lowest BCUT2D eigenvalue weighted by Crippen LogP contribution is -2.41. The van der Waals surface area contributed by atoms with E-state index < -0.39 is 11.4 Å². The van der Waals surface area contributed by atoms with Crippen molar-refractivity contribution >= 4 is 28.0 Å². The topological polar surface area (TPSA) is 102 Å². The van der Waals surface area contributed by atoms with Crippen molar-refractivity contribution in [3.8, 4) is 11.5 Å². The van der Waals surface area contributed by atoms with E-state index in [1.807, 2.05) is 37.1 Å². The number of imidazole rings is 1. The molecule has 3 aliphatic rings. The molecule has 204 valence electrons. The van der Waals surface area contributed by atoms with E-state index in [4.69, 9.17) is 15.7 Å². The zero-order valence-corrected chi connectivity index (χ0v) is 22.7. The van der Waals surface area contributed by atoms with Crippen LogP contribution >= 0.6 is 0 Å². The number of fused-ring (bicyclic) bond motifs is 4. The Morgan fingerprint density at radius 2 is 1.97 bits per heavy atom. The van der Waals surface area contributed by atoms with Crippen molar-refractivity contribution in [2.24, 2.45) is 24.6 Å². The maximum atomic E-state index is 15.6. The van der Waals surface area contributed by atoms with Crippen molar-refractivity contribution in [1.29, 1.82) is 0 Å². The largest absolute Gasteiger partial charge is 0.384 e. The maximum Gasteiger partial charge on any atom is 0.254 e. The number of rotatable bonds is 6. The van der Waals surface area contributed by atoms with Crippen molar-refractivity contribution in [1.82, 2.24) is 24.0 Å². The summed E-state index contributed by atoms with van der Waals surface area (Å²) in [6, 6.07) is 9.00. The number of amides is 1. The van der Waals surface area contributed by atoms with Crippen LogP contribution in [0.15, 0.2) is 30.3 Å². The summed E-state index contributed by atoms with van der Waals surface area (Å²) in [6.07, 6.45) is 4.84. The predicted molar refractivity (Wildman–Crippen MR) is 148 cm³/mol. The van der Waals surface area contributed by atoms with Crippen molar-refractivity contribution < 1.29 is 14.3 Å². The second kappa shape index (κ2) is 8.60. The van der Waals surface area contributed by atoms with Gasteiger partial charge >= 0.3 is 0 Å². The van der Waals surface area contributed by atoms with E-state index in [2.05, 4.69) is 4.57 Å². The number of hydrogen-bond acceptors (Lipinski definition) is 5. The Labute approximate surface area is 226 Å². The molecule has 2 saturated carbocycles. The van der Waals surface area contributed by atoms with Gasteiger partial charge in [0.1, 0.15) is 22.6 Å². The molecule has 3 unspecified atom stereocenters. The number of carbonyl (C=O) groups excluding carboxylic acids is 1. The van der Waals surface area contributed by atoms with Gasteiger partial charge < -0.3 is 24.9 Å². The number of hydrogen-bond donors (Lipinski definition) is 2. The number of piperidine rings is 1. The van der Waals surface area contributed by atoms with Crippen LogP contribution in [0, 0.1) is 17.7 Å². The number of aliphatic hydroxyl groups is 1. The van der Waals surface area contributed by atoms with Crippen LogP contribution < -0.4 is 5.73 Å². The molecular weight excluding hydrogens is 495 g/mol. The molecule has 0 spiro atoms. The fourth-order valence-corrected chi connectivity index (χ4v) is 6.63. The standard InChI is InChI=1S/C30H35FN6O2/c1-4-30(2,39)24-10-8-17-13-23(36(27(17)34-24)14-16-5-6-16)28-33-21-12-19(11-20(31)26(21)35(28)3)29(38)37-15-18-7-9-22(37)25(18)32/h8,10-13,16,18,22,25,39H,4-7,9,14-15,32H2,1-3H3/t18?,22?,25-,30?/m1/s1. The van der Waals surface area contributed by atoms with E-state index in [1.54, 1.807) is 17.6 Å². The third-order valence-corrected chi connectivity index (χ3v) is 9.44. The first kappa shape index (κ1) is 24.7. The quantitative estimate of drug-likeness (QED) is 0.387. The fraction of sp³-hybridized carbons (Fsp3) is 0.500. The molecule has 2 aliphatic carbocycles. The van der Waals surface area contributed by atoms with Crippen LogP contribution in [0.3, 0.4) is 0 Å². The van der Waals surface area contributed by atoms with Crippen LogP contribution in [0.1, 0.15) is 62.0 Å². The number of nitrogens with zero attached hydrogens (tertiary/aromatic N) is 5. The molecule has 4 heterocycles. The minimum atomic E-state index is -1.02. The number of nitrogens with two attached hydrogens (primary N) is 1. The number of halogens is 1. The minimum absolute atomic E-state index is 0.00696. The van der Waals surface area contributed by atoms with Crippen LogP contribution in [0.4, 0.5) is 4.39 Å². The Hall–Kier alpha value is -3.30. The summed E-state index contributed by atoms with van der Waals surface area (Å²) >= 11 is 0. The number of carbonyl (C=O) groups is 1. The number of pyridine rings is 1. The van der Waals surface area contributed by atoms with E-state index in [0.717, 1.165) is 49.0 Å². The van der Waals surface area contributed by atoms with E-state index in [0.29, 0.717) is 52.9 Å². The van der Waals surface area contributed by atoms with Gasteiger partial charge in [-0.25, -0.2) is 14.4 Å². The van der Waals surface area contributed by atoms with Gasteiger partial charge in [0, 0.05) is 43.2 Å². The molecule has 3 fully saturated rings. The smallest absolute Gasteiger partial charge is 0.254 e. The highest BCUT2D eigenvalue weighted by molar-refractivity contribution is 5.98. The zero-order chi connectivity index (χ0) is 27.2. The summed E-state index contributed by atoms with van der Waals surface area (Å²) in [5.74, 6) is 0.883. The van der Waals surface area contributed by atoms with Crippen LogP contribution in [0.25, 0.3) is 33.6 Å². The van der Waals surface area contributed by atoms with Gasteiger partial charge in [-0.1, -0.05) is 6.92 Å². The molecule has 1 aliphatic heterocycles. The van der Waals surface area contributed by atoms with Crippen LogP contribution in [-0.2, 0) is 19.2 Å². The number of aromatic nitrogens is 4. The van der Waals surface area contributed by atoms with Crippen LogP contribution in [0.5, 0.6) is 0 Å². The lowest BCUT2D eigenvalue weighted by atomic mass is 9.98. The molecule has 7 rings (SSSR count). The molecule has 4 atom stereocenters. The second-order valence-corrected chi connectivity index (χ2v) is 12.1. The molecule has 8 nitrogen and oxygen atoms in total. The molecule has 1 amide bonds. The molecule has 9 heteroatoms. The first-order valence-electron chi connectivity index (χ1n) is 14.1. The average Bonchev–Trinajstić information content (AvgIpc) is 3.32. The lowest BCUT2D eigenvalue weighted by Gasteiger charge is -2.27. The van der Waals surface area contributed by atoms with Crippen molar-refractivity contribution in [2.75, 3.05) is 6.54 Å². The van der Waals surface area contributed by atoms with Crippen LogP contribution in [-0.4, -0.2) is 53.6 Å². The molecule has 1 aromatic carbocycles. The Morgan fingerprint density at radius 3 is 2.64 bits per heavy atom. The Bertz CT molecular complexity index is 1630. The molecule has 2 bridgehead atoms. The highest BCUT2D eigenvalue weighted by atomic mass is 19.1. The summed E-state index contributed by atoms with van der Waals surface area (Å²) in [5, 5.41) is 11.8. The summed E-state index contributed by atoms with van der Waals surface area (Å²) in [7, 11) is 1.81. The molecule has 4 aromatic rings. The van der Waals surface area contributed by atoms with E-state index in [1.165, 1.54) is 6.07 Å². The summed E-state index contributed by atoms with van der Waals surface area (Å²) in [4.78, 5) is 25.0. The van der Waals surface area contributed by atoms with Gasteiger partial charge in [-0.15, -0.1) is 0 Å². The van der Waals surface area contributed by atoms with Gasteiger partial charge in [-0.3, -0.25) is 4.79 Å². The lowest BCUT2D eigenvalue weighted by molar-refractivity contribution is 0.0488. The van der Waals surface area contributed by atoms with Gasteiger partial charge in [0.2, 0.25) is 0 Å². The number of aryl methyl sites for hydroxylation is 1. The average molecular weight is 531 g/mol. The summed E-state index contributed by atoms with van der Waals surface area (Å²) < 4.78 is 19.5. The van der Waals surface area contributed by atoms with Gasteiger partial charge in [-0.05, 0) is 81.2 Å². The van der Waals surface area contributed by atoms with Gasteiger partial charge in [0.15, 0.2) is 5.82 Å². The molecule has 0 radical (unpaired) electrons. The van der Waals surface area contributed by atoms with Gasteiger partial charge in [0.25, 0.3) is 5.91 Å². The van der Waals surface area contributed by atoms with Crippen LogP contribution in [0.2, 0.25) is 0 Å². The number of likely N-dealkylation sites (tertiary alicyclic amines) is 1. The predicted octanol–water partition coefficient (Wildman–Crippen LogP) is 4.32. The maximum absolute atomic E-state index is 15.6. The fourth-order valence-electron chi connectivity index (χ4n) is 6.63. The Balaban J connectivity index is 1.33. The first-order chi connectivity index (χ1) is 18.7. The Morgan fingerprint density at radius 1 is 1.18 bits per heavy atom. The molecule has 1 saturated heterocycles. The van der Waals surface area contributed by atoms with Gasteiger partial charge in [0.05, 0.1) is 16.9 Å². The summed E-state index contributed by atoms with van der Waals surface area (Å²) in [5.41, 5.74) is 8.72. The minimum Gasteiger partial charge on any atom is -0.384 e. The SMILES string of the molecule is CCC(C)(O)c1ccc2cc(-c3nc4cc(C(=O)N5CC6CCC5[C@@H]6N)cc(F)c4n3C)n(CC3CC3)c2n1. The highest BCUT2D eigenvalue weighted by Gasteiger charge is 2.47. The first-order valence-corrected chi connectivity index (χ1v) is 14.1. The zero-order valence-electron chi connectivity index (χ0n) is 22.7. The van der Waals surface area contributed by atoms with Crippen molar-refractivity contribution in [2.45, 2.75) is 70.2 Å². The van der Waals surface area contributed by atoms with E-state index >= 15 is 4.39 Å². The molecule has 3 aromatic heterocycles. The number of benzene rings is 1. The van der Waals surface area contributed by atoms with E-state index in [-0.39, 0.29) is 18.0 Å². The molecule has 39 heavy (non-hydrogen) atoms. The highest BCUT2D eigenvalue weighted by Crippen LogP contribution is 2.39. The summed E-state index contributed by atoms with van der Waals surface area (Å²) in [6.45, 7) is 5.15. The van der Waals surface area contributed by atoms with Gasteiger partial charge in [-0.2, -0.15) is 0 Å². The monoisotopic (exact) mass is 530 g/mol. The third kappa shape index (κ3) is 3.81. The van der Waals surface area contributed by atoms with E-state index in [9.17, 15) is 9.90 Å². The van der Waals surface area contributed by atoms with Crippen molar-refractivity contribution in [3.05, 3.63) is 47.4 Å².